The number of nitrogens with one attached hydrogen (secondary N) is 1. The Bertz CT molecular complexity index is 1620. The molecule has 1 aliphatic carbocycles. The minimum Gasteiger partial charge on any atom is -0.476 e. The number of methoxy groups -OCH3 is 1. The molecule has 1 aliphatic heterocycles. The van der Waals surface area contributed by atoms with E-state index in [9.17, 15) is 5.11 Å². The van der Waals surface area contributed by atoms with Gasteiger partial charge < -0.3 is 19.3 Å². The number of aromatic amines is 1. The molecular formula is C30H40N8O4. The average molecular weight is 577 g/mol. The van der Waals surface area contributed by atoms with Crippen molar-refractivity contribution in [1.82, 2.24) is 39.6 Å². The van der Waals surface area contributed by atoms with E-state index in [0.717, 1.165) is 63.3 Å². The number of pyridine rings is 1. The van der Waals surface area contributed by atoms with Gasteiger partial charge in [0.1, 0.15) is 17.3 Å². The number of rotatable bonds is 7. The molecule has 2 N–H and O–H groups in total. The number of aliphatic hydroxyl groups excluding tert-OH is 1. The summed E-state index contributed by atoms with van der Waals surface area (Å²) in [5.74, 6) is 1.21. The number of aromatic nitrogens is 7. The zero-order chi connectivity index (χ0) is 29.5. The zero-order valence-electron chi connectivity index (χ0n) is 25.2. The topological polar surface area (TPSA) is 128 Å². The van der Waals surface area contributed by atoms with Crippen molar-refractivity contribution < 1.29 is 19.3 Å². The molecule has 4 aromatic heterocycles. The number of hydrogen-bond acceptors (Lipinski definition) is 9. The summed E-state index contributed by atoms with van der Waals surface area (Å²) >= 11 is 0. The number of fused-ring (bicyclic) bond motifs is 4. The fourth-order valence-electron chi connectivity index (χ4n) is 5.80. The van der Waals surface area contributed by atoms with Gasteiger partial charge in [-0.3, -0.25) is 19.7 Å². The molecule has 1 fully saturated rings. The molecule has 5 heterocycles. The van der Waals surface area contributed by atoms with Crippen LogP contribution in [-0.2, 0) is 24.9 Å². The van der Waals surface area contributed by atoms with E-state index in [2.05, 4.69) is 22.0 Å². The van der Waals surface area contributed by atoms with Gasteiger partial charge in [0.2, 0.25) is 11.8 Å². The van der Waals surface area contributed by atoms with Crippen LogP contribution < -0.4 is 9.47 Å². The Morgan fingerprint density at radius 3 is 2.76 bits per heavy atom. The highest BCUT2D eigenvalue weighted by Gasteiger charge is 2.34. The number of aliphatic hydroxyl groups is 1. The minimum atomic E-state index is -0.210. The number of H-pyrrole nitrogens is 1. The average Bonchev–Trinajstić information content (AvgIpc) is 3.55. The van der Waals surface area contributed by atoms with Crippen molar-refractivity contribution in [2.75, 3.05) is 26.9 Å². The summed E-state index contributed by atoms with van der Waals surface area (Å²) in [7, 11) is 3.56. The summed E-state index contributed by atoms with van der Waals surface area (Å²) in [5.41, 5.74) is 6.69. The van der Waals surface area contributed by atoms with Crippen LogP contribution in [0, 0.1) is 6.92 Å². The van der Waals surface area contributed by atoms with Crippen LogP contribution in [0.5, 0.6) is 11.8 Å². The van der Waals surface area contributed by atoms with Crippen LogP contribution in [0.15, 0.2) is 6.07 Å². The van der Waals surface area contributed by atoms with E-state index < -0.39 is 0 Å². The normalized spacial score (nSPS) is 19.2. The van der Waals surface area contributed by atoms with Gasteiger partial charge in [-0.15, -0.1) is 5.10 Å². The predicted molar refractivity (Wildman–Crippen MR) is 159 cm³/mol. The number of nitrogens with zero attached hydrogens (tertiary/aromatic N) is 7. The van der Waals surface area contributed by atoms with Crippen molar-refractivity contribution >= 4 is 23.1 Å². The smallest absolute Gasteiger partial charge is 0.240 e. The van der Waals surface area contributed by atoms with E-state index >= 15 is 0 Å². The third-order valence-corrected chi connectivity index (χ3v) is 7.97. The van der Waals surface area contributed by atoms with E-state index in [0.29, 0.717) is 44.1 Å². The van der Waals surface area contributed by atoms with Crippen molar-refractivity contribution in [3.63, 3.8) is 0 Å². The fraction of sp³-hybridized carbons (Fsp3) is 0.533. The summed E-state index contributed by atoms with van der Waals surface area (Å²) in [5, 5.41) is 28.4. The summed E-state index contributed by atoms with van der Waals surface area (Å²) in [4.78, 5) is 7.40. The molecule has 1 saturated carbocycles. The maximum atomic E-state index is 10.1. The summed E-state index contributed by atoms with van der Waals surface area (Å²) in [6, 6.07) is 2.28. The van der Waals surface area contributed by atoms with Crippen molar-refractivity contribution in [2.24, 2.45) is 7.05 Å². The molecule has 4 aromatic rings. The van der Waals surface area contributed by atoms with Gasteiger partial charge in [-0.2, -0.15) is 10.2 Å². The molecule has 0 spiro atoms. The molecule has 12 heteroatoms. The first-order chi connectivity index (χ1) is 20.3. The summed E-state index contributed by atoms with van der Waals surface area (Å²) in [6.07, 6.45) is 6.20. The molecule has 0 radical (unpaired) electrons. The van der Waals surface area contributed by atoms with Gasteiger partial charge in [0.05, 0.1) is 59.8 Å². The van der Waals surface area contributed by atoms with Gasteiger partial charge in [-0.25, -0.2) is 4.68 Å². The second kappa shape index (κ2) is 11.5. The fourth-order valence-corrected chi connectivity index (χ4v) is 5.80. The second-order valence-electron chi connectivity index (χ2n) is 11.3. The lowest BCUT2D eigenvalue weighted by Gasteiger charge is -2.27. The van der Waals surface area contributed by atoms with Gasteiger partial charge in [0.15, 0.2) is 0 Å². The third kappa shape index (κ3) is 5.18. The zero-order valence-corrected chi connectivity index (χ0v) is 25.2. The van der Waals surface area contributed by atoms with Gasteiger partial charge in [-0.05, 0) is 58.8 Å². The largest absolute Gasteiger partial charge is 0.476 e. The molecule has 12 nitrogen and oxygen atoms in total. The third-order valence-electron chi connectivity index (χ3n) is 7.97. The SMILES string of the molecule is CCOc1nn(C(C)CO)c2c1/C=C/c1[nH]nc3c(C)nc(cc13)-c1c(COC)nn(C)c1OC(C)CN(C1CC1)C2. The first-order valence-corrected chi connectivity index (χ1v) is 14.7. The molecule has 0 amide bonds. The Morgan fingerprint density at radius 1 is 1.24 bits per heavy atom. The lowest BCUT2D eigenvalue weighted by atomic mass is 10.1. The van der Waals surface area contributed by atoms with E-state index in [1.807, 2.05) is 50.7 Å². The van der Waals surface area contributed by atoms with E-state index in [4.69, 9.17) is 29.4 Å². The van der Waals surface area contributed by atoms with Crippen LogP contribution in [0.4, 0.5) is 0 Å². The maximum absolute atomic E-state index is 10.1. The van der Waals surface area contributed by atoms with Gasteiger partial charge in [-0.1, -0.05) is 0 Å². The van der Waals surface area contributed by atoms with Gasteiger partial charge in [0.25, 0.3) is 0 Å². The molecule has 6 rings (SSSR count). The van der Waals surface area contributed by atoms with E-state index in [1.54, 1.807) is 11.8 Å². The molecular weight excluding hydrogens is 536 g/mol. The molecule has 224 valence electrons. The standard InChI is InChI=1S/C30H40N8O4/c1-7-41-29-21-10-11-23-22-12-24(31-19(4)28(22)33-32-23)27-25(16-40-6)34-36(5)30(27)42-18(3)13-37(20-8-9-20)14-26(21)38(35-29)17(2)15-39/h10-12,17-18,20,39H,7-9,13-16H2,1-6H3,(H,32,33)/b11-10+. The highest BCUT2D eigenvalue weighted by molar-refractivity contribution is 5.93. The highest BCUT2D eigenvalue weighted by atomic mass is 16.5. The van der Waals surface area contributed by atoms with Crippen molar-refractivity contribution in [3.05, 3.63) is 34.4 Å². The van der Waals surface area contributed by atoms with E-state index in [-0.39, 0.29) is 18.8 Å². The van der Waals surface area contributed by atoms with Crippen LogP contribution in [0.25, 0.3) is 34.3 Å². The maximum Gasteiger partial charge on any atom is 0.240 e. The lowest BCUT2D eigenvalue weighted by molar-refractivity contribution is 0.124. The van der Waals surface area contributed by atoms with Crippen molar-refractivity contribution in [3.8, 4) is 23.0 Å². The van der Waals surface area contributed by atoms with E-state index in [1.165, 1.54) is 0 Å². The molecule has 2 unspecified atom stereocenters. The highest BCUT2D eigenvalue weighted by Crippen LogP contribution is 2.38. The Labute approximate surface area is 245 Å². The quantitative estimate of drug-likeness (QED) is 0.337. The van der Waals surface area contributed by atoms with Gasteiger partial charge in [0, 0.05) is 38.7 Å². The second-order valence-corrected chi connectivity index (χ2v) is 11.3. The first kappa shape index (κ1) is 28.4. The molecule has 2 aliphatic rings. The Hall–Kier alpha value is -3.74. The Morgan fingerprint density at radius 2 is 2.05 bits per heavy atom. The molecule has 2 bridgehead atoms. The lowest BCUT2D eigenvalue weighted by Crippen LogP contribution is -2.36. The Balaban J connectivity index is 1.58. The van der Waals surface area contributed by atoms with Crippen molar-refractivity contribution in [2.45, 2.75) is 71.9 Å². The van der Waals surface area contributed by atoms with Crippen LogP contribution >= 0.6 is 0 Å². The van der Waals surface area contributed by atoms with Crippen LogP contribution in [0.1, 0.15) is 68.0 Å². The van der Waals surface area contributed by atoms with Crippen LogP contribution in [0.3, 0.4) is 0 Å². The first-order valence-electron chi connectivity index (χ1n) is 14.7. The number of aryl methyl sites for hydroxylation is 2. The number of ether oxygens (including phenoxy) is 3. The summed E-state index contributed by atoms with van der Waals surface area (Å²) < 4.78 is 21.9. The van der Waals surface area contributed by atoms with Crippen LogP contribution in [0.2, 0.25) is 0 Å². The molecule has 0 saturated heterocycles. The summed E-state index contributed by atoms with van der Waals surface area (Å²) in [6.45, 7) is 10.1. The van der Waals surface area contributed by atoms with Crippen molar-refractivity contribution in [1.29, 1.82) is 0 Å². The molecule has 0 aromatic carbocycles. The van der Waals surface area contributed by atoms with Crippen LogP contribution in [-0.4, -0.2) is 83.8 Å². The molecule has 2 atom stereocenters. The Kier molecular flexibility index (Phi) is 7.77. The predicted octanol–water partition coefficient (Wildman–Crippen LogP) is 3.88. The monoisotopic (exact) mass is 576 g/mol. The molecule has 42 heavy (non-hydrogen) atoms. The number of hydrogen-bond donors (Lipinski definition) is 2. The van der Waals surface area contributed by atoms with Gasteiger partial charge >= 0.3 is 0 Å². The minimum absolute atomic E-state index is 0.0281.